The lowest BCUT2D eigenvalue weighted by Gasteiger charge is -2.07. The molecule has 2 aromatic carbocycles. The molecule has 0 aliphatic heterocycles. The lowest BCUT2D eigenvalue weighted by molar-refractivity contribution is 0.551. The van der Waals surface area contributed by atoms with Gasteiger partial charge in [-0.15, -0.1) is 0 Å². The second-order valence-electron chi connectivity index (χ2n) is 4.71. The van der Waals surface area contributed by atoms with E-state index < -0.39 is 0 Å². The topological polar surface area (TPSA) is 25.2 Å². The predicted molar refractivity (Wildman–Crippen MR) is 92.1 cm³/mol. The molecular formula is C17H16INO. The first-order chi connectivity index (χ1) is 9.78. The van der Waals surface area contributed by atoms with E-state index in [0.29, 0.717) is 0 Å². The number of halogens is 1. The first-order valence-corrected chi connectivity index (χ1v) is 7.84. The molecule has 102 valence electrons. The second-order valence-corrected chi connectivity index (χ2v) is 5.96. The molecule has 0 saturated carbocycles. The molecule has 3 rings (SSSR count). The van der Waals surface area contributed by atoms with E-state index in [1.165, 1.54) is 14.5 Å². The van der Waals surface area contributed by atoms with Crippen molar-refractivity contribution < 1.29 is 4.42 Å². The first kappa shape index (κ1) is 13.5. The molecule has 2 nitrogen and oxygen atoms in total. The van der Waals surface area contributed by atoms with Crippen molar-refractivity contribution in [1.29, 1.82) is 0 Å². The largest absolute Gasteiger partial charge is 0.461 e. The highest BCUT2D eigenvalue weighted by Crippen LogP contribution is 2.27. The van der Waals surface area contributed by atoms with Crippen molar-refractivity contribution in [2.75, 3.05) is 5.32 Å². The van der Waals surface area contributed by atoms with Gasteiger partial charge in [-0.2, -0.15) is 0 Å². The van der Waals surface area contributed by atoms with Gasteiger partial charge in [-0.25, -0.2) is 0 Å². The van der Waals surface area contributed by atoms with Crippen LogP contribution in [-0.4, -0.2) is 0 Å². The fourth-order valence-electron chi connectivity index (χ4n) is 2.39. The predicted octanol–water partition coefficient (Wildman–Crippen LogP) is 5.21. The Labute approximate surface area is 132 Å². The minimum absolute atomic E-state index is 0.792. The van der Waals surface area contributed by atoms with Crippen molar-refractivity contribution >= 4 is 39.2 Å². The number of furan rings is 1. The standard InChI is InChI=1S/C17H16INO/c1-2-16-15(14-5-3-4-6-17(14)20-16)11-19-13-9-7-12(18)8-10-13/h3-10,19H,2,11H2,1H3. The van der Waals surface area contributed by atoms with Gasteiger partial charge in [0, 0.05) is 33.2 Å². The summed E-state index contributed by atoms with van der Waals surface area (Å²) in [6.07, 6.45) is 0.915. The van der Waals surface area contributed by atoms with E-state index in [2.05, 4.69) is 71.2 Å². The van der Waals surface area contributed by atoms with Crippen molar-refractivity contribution in [2.24, 2.45) is 0 Å². The molecule has 0 unspecified atom stereocenters. The summed E-state index contributed by atoms with van der Waals surface area (Å²) in [7, 11) is 0. The van der Waals surface area contributed by atoms with Crippen molar-refractivity contribution in [3.05, 3.63) is 63.4 Å². The number of anilines is 1. The fourth-order valence-corrected chi connectivity index (χ4v) is 2.75. The van der Waals surface area contributed by atoms with Crippen LogP contribution in [-0.2, 0) is 13.0 Å². The molecule has 20 heavy (non-hydrogen) atoms. The Morgan fingerprint density at radius 1 is 1.05 bits per heavy atom. The maximum absolute atomic E-state index is 5.91. The van der Waals surface area contributed by atoms with Crippen molar-refractivity contribution in [3.63, 3.8) is 0 Å². The van der Waals surface area contributed by atoms with Crippen LogP contribution in [0.1, 0.15) is 18.2 Å². The van der Waals surface area contributed by atoms with Crippen LogP contribution in [0.15, 0.2) is 52.9 Å². The molecule has 0 aliphatic rings. The van der Waals surface area contributed by atoms with Crippen molar-refractivity contribution in [2.45, 2.75) is 19.9 Å². The maximum atomic E-state index is 5.91. The Bertz CT molecular complexity index is 715. The summed E-state index contributed by atoms with van der Waals surface area (Å²) in [6.45, 7) is 2.92. The molecule has 0 saturated heterocycles. The Hall–Kier alpha value is -1.49. The van der Waals surface area contributed by atoms with E-state index in [1.807, 2.05) is 12.1 Å². The first-order valence-electron chi connectivity index (χ1n) is 6.76. The number of fused-ring (bicyclic) bond motifs is 1. The lowest BCUT2D eigenvalue weighted by atomic mass is 10.1. The molecular weight excluding hydrogens is 361 g/mol. The minimum Gasteiger partial charge on any atom is -0.461 e. The van der Waals surface area contributed by atoms with Crippen LogP contribution >= 0.6 is 22.6 Å². The molecule has 0 aliphatic carbocycles. The number of aryl methyl sites for hydroxylation is 1. The molecule has 0 atom stereocenters. The number of hydrogen-bond donors (Lipinski definition) is 1. The lowest BCUT2D eigenvalue weighted by Crippen LogP contribution is -2.00. The van der Waals surface area contributed by atoms with Gasteiger partial charge in [-0.1, -0.05) is 25.1 Å². The zero-order valence-electron chi connectivity index (χ0n) is 11.3. The molecule has 0 radical (unpaired) electrons. The summed E-state index contributed by atoms with van der Waals surface area (Å²) in [5.74, 6) is 1.07. The van der Waals surface area contributed by atoms with Crippen molar-refractivity contribution in [1.82, 2.24) is 0 Å². The molecule has 1 heterocycles. The van der Waals surface area contributed by atoms with Gasteiger partial charge in [-0.05, 0) is 52.9 Å². The molecule has 0 fully saturated rings. The number of hydrogen-bond acceptors (Lipinski definition) is 2. The van der Waals surface area contributed by atoms with Gasteiger partial charge in [0.15, 0.2) is 0 Å². The van der Waals surface area contributed by atoms with Gasteiger partial charge in [0.1, 0.15) is 11.3 Å². The summed E-state index contributed by atoms with van der Waals surface area (Å²) in [5, 5.41) is 4.69. The summed E-state index contributed by atoms with van der Waals surface area (Å²) >= 11 is 2.32. The third-order valence-electron chi connectivity index (χ3n) is 3.42. The Morgan fingerprint density at radius 3 is 2.55 bits per heavy atom. The third-order valence-corrected chi connectivity index (χ3v) is 4.14. The third kappa shape index (κ3) is 2.68. The molecule has 0 amide bonds. The molecule has 3 aromatic rings. The van der Waals surface area contributed by atoms with E-state index in [9.17, 15) is 0 Å². The average Bonchev–Trinajstić information content (AvgIpc) is 2.84. The zero-order valence-corrected chi connectivity index (χ0v) is 13.5. The highest BCUT2D eigenvalue weighted by atomic mass is 127. The molecule has 0 bridgehead atoms. The number of rotatable bonds is 4. The van der Waals surface area contributed by atoms with Crippen LogP contribution in [0.5, 0.6) is 0 Å². The minimum atomic E-state index is 0.792. The fraction of sp³-hybridized carbons (Fsp3) is 0.176. The van der Waals surface area contributed by atoms with Gasteiger partial charge in [0.25, 0.3) is 0 Å². The normalized spacial score (nSPS) is 10.9. The van der Waals surface area contributed by atoms with Crippen LogP contribution in [0.2, 0.25) is 0 Å². The summed E-state index contributed by atoms with van der Waals surface area (Å²) in [5.41, 5.74) is 3.38. The van der Waals surface area contributed by atoms with Crippen LogP contribution in [0.25, 0.3) is 11.0 Å². The number of nitrogens with one attached hydrogen (secondary N) is 1. The Balaban J connectivity index is 1.88. The van der Waals surface area contributed by atoms with Gasteiger partial charge >= 0.3 is 0 Å². The maximum Gasteiger partial charge on any atom is 0.134 e. The van der Waals surface area contributed by atoms with Crippen LogP contribution < -0.4 is 5.32 Å². The molecule has 0 spiro atoms. The van der Waals surface area contributed by atoms with Gasteiger partial charge in [0.2, 0.25) is 0 Å². The van der Waals surface area contributed by atoms with E-state index in [0.717, 1.165) is 30.0 Å². The molecule has 3 heteroatoms. The Morgan fingerprint density at radius 2 is 1.80 bits per heavy atom. The zero-order chi connectivity index (χ0) is 13.9. The Kier molecular flexibility index (Phi) is 3.96. The van der Waals surface area contributed by atoms with E-state index >= 15 is 0 Å². The van der Waals surface area contributed by atoms with E-state index in [4.69, 9.17) is 4.42 Å². The van der Waals surface area contributed by atoms with Gasteiger partial charge in [0.05, 0.1) is 0 Å². The van der Waals surface area contributed by atoms with E-state index in [-0.39, 0.29) is 0 Å². The highest BCUT2D eigenvalue weighted by molar-refractivity contribution is 14.1. The van der Waals surface area contributed by atoms with Crippen molar-refractivity contribution in [3.8, 4) is 0 Å². The van der Waals surface area contributed by atoms with Crippen LogP contribution in [0.4, 0.5) is 5.69 Å². The van der Waals surface area contributed by atoms with Gasteiger partial charge in [-0.3, -0.25) is 0 Å². The van der Waals surface area contributed by atoms with Crippen LogP contribution in [0.3, 0.4) is 0 Å². The van der Waals surface area contributed by atoms with Gasteiger partial charge < -0.3 is 9.73 Å². The molecule has 1 aromatic heterocycles. The number of benzene rings is 2. The molecule has 1 N–H and O–H groups in total. The summed E-state index contributed by atoms with van der Waals surface area (Å²) < 4.78 is 7.16. The average molecular weight is 377 g/mol. The van der Waals surface area contributed by atoms with E-state index in [1.54, 1.807) is 0 Å². The smallest absolute Gasteiger partial charge is 0.134 e. The summed E-state index contributed by atoms with van der Waals surface area (Å²) in [4.78, 5) is 0. The number of para-hydroxylation sites is 1. The quantitative estimate of drug-likeness (QED) is 0.632. The SMILES string of the molecule is CCc1oc2ccccc2c1CNc1ccc(I)cc1. The monoisotopic (exact) mass is 377 g/mol. The summed E-state index contributed by atoms with van der Waals surface area (Å²) in [6, 6.07) is 16.7. The second kappa shape index (κ2) is 5.87. The van der Waals surface area contributed by atoms with Crippen LogP contribution in [0, 0.1) is 3.57 Å². The highest BCUT2D eigenvalue weighted by Gasteiger charge is 2.11.